The van der Waals surface area contributed by atoms with Crippen molar-refractivity contribution in [3.05, 3.63) is 89.5 Å². The van der Waals surface area contributed by atoms with Crippen LogP contribution in [0.3, 0.4) is 0 Å². The lowest BCUT2D eigenvalue weighted by Gasteiger charge is -2.20. The first-order valence-electron chi connectivity index (χ1n) is 13.6. The Hall–Kier alpha value is -4.95. The monoisotopic (exact) mass is 658 g/mol. The minimum Gasteiger partial charge on any atom is -0.494 e. The predicted molar refractivity (Wildman–Crippen MR) is 153 cm³/mol. The van der Waals surface area contributed by atoms with E-state index in [0.717, 1.165) is 30.3 Å². The molecule has 0 aromatic heterocycles. The Bertz CT molecular complexity index is 1470. The van der Waals surface area contributed by atoms with Crippen LogP contribution in [0.2, 0.25) is 0 Å². The number of nitrogen functional groups attached to an aromatic ring is 2. The van der Waals surface area contributed by atoms with Crippen molar-refractivity contribution in [3.8, 4) is 11.5 Å². The molecular weight excluding hydrogens is 629 g/mol. The summed E-state index contributed by atoms with van der Waals surface area (Å²) in [6.45, 7) is -0.534. The maximum Gasteiger partial charge on any atom is 0.453 e. The van der Waals surface area contributed by atoms with Gasteiger partial charge in [0.05, 0.1) is 30.9 Å². The van der Waals surface area contributed by atoms with E-state index in [1.165, 1.54) is 48.5 Å². The molecule has 0 fully saturated rings. The second-order valence-corrected chi connectivity index (χ2v) is 9.75. The molecular formula is C31H29F7N2O6. The third-order valence-electron chi connectivity index (χ3n) is 6.03. The van der Waals surface area contributed by atoms with E-state index < -0.39 is 55.2 Å². The molecule has 0 amide bonds. The number of carbonyl (C=O) groups excluding carboxylic acids is 2. The number of benzene rings is 3. The molecule has 0 saturated heterocycles. The molecule has 3 rings (SSSR count). The summed E-state index contributed by atoms with van der Waals surface area (Å²) in [6, 6.07) is 13.8. The van der Waals surface area contributed by atoms with Gasteiger partial charge in [0, 0.05) is 30.3 Å². The highest BCUT2D eigenvalue weighted by Gasteiger charge is 2.56. The fraction of sp³-hybridized carbons (Fsp3) is 0.290. The van der Waals surface area contributed by atoms with Crippen molar-refractivity contribution in [1.82, 2.24) is 0 Å². The van der Waals surface area contributed by atoms with Crippen molar-refractivity contribution in [2.45, 2.75) is 37.5 Å². The van der Waals surface area contributed by atoms with Crippen molar-refractivity contribution in [2.24, 2.45) is 0 Å². The maximum atomic E-state index is 14.6. The van der Waals surface area contributed by atoms with Crippen molar-refractivity contribution < 1.29 is 59.3 Å². The topological polar surface area (TPSA) is 123 Å². The van der Waals surface area contributed by atoms with Gasteiger partial charge >= 0.3 is 30.1 Å². The number of esters is 2. The van der Waals surface area contributed by atoms with E-state index in [1.54, 1.807) is 0 Å². The van der Waals surface area contributed by atoms with Gasteiger partial charge in [-0.3, -0.25) is 0 Å². The van der Waals surface area contributed by atoms with Crippen molar-refractivity contribution >= 4 is 29.4 Å². The normalized spacial score (nSPS) is 12.2. The molecule has 0 saturated carbocycles. The zero-order chi connectivity index (χ0) is 34.0. The van der Waals surface area contributed by atoms with Crippen LogP contribution in [0.4, 0.5) is 42.1 Å². The Kier molecular flexibility index (Phi) is 11.9. The Labute approximate surface area is 258 Å². The molecule has 3 aromatic carbocycles. The van der Waals surface area contributed by atoms with Crippen LogP contribution in [0.5, 0.6) is 11.5 Å². The van der Waals surface area contributed by atoms with E-state index in [0.29, 0.717) is 16.9 Å². The quantitative estimate of drug-likeness (QED) is 0.0581. The second-order valence-electron chi connectivity index (χ2n) is 9.75. The standard InChI is InChI=1S/C31H29F7N2O6/c32-29(33,31(36,37)38)13-1-14-43-25-10-6-22(7-11-25)30(34,35)46-26-8-3-20(4-9-26)5-12-27(41)44-15-2-16-45-28(42)21-17-23(39)19-24(40)18-21/h3-12,17-19H,1-2,13-16,39-40H2/b12-5+. The van der Waals surface area contributed by atoms with Crippen LogP contribution >= 0.6 is 0 Å². The molecule has 3 aromatic rings. The van der Waals surface area contributed by atoms with Crippen molar-refractivity contribution in [2.75, 3.05) is 31.3 Å². The van der Waals surface area contributed by atoms with Crippen molar-refractivity contribution in [1.29, 1.82) is 0 Å². The van der Waals surface area contributed by atoms with Gasteiger partial charge in [-0.1, -0.05) is 12.1 Å². The largest absolute Gasteiger partial charge is 0.494 e. The zero-order valence-electron chi connectivity index (χ0n) is 24.0. The summed E-state index contributed by atoms with van der Waals surface area (Å²) < 4.78 is 112. The minimum atomic E-state index is -5.66. The average Bonchev–Trinajstić information content (AvgIpc) is 2.97. The summed E-state index contributed by atoms with van der Waals surface area (Å²) >= 11 is 0. The summed E-state index contributed by atoms with van der Waals surface area (Å²) in [6.07, 6.45) is -8.79. The van der Waals surface area contributed by atoms with Crippen LogP contribution in [0.25, 0.3) is 6.08 Å². The molecule has 0 aliphatic carbocycles. The average molecular weight is 659 g/mol. The summed E-state index contributed by atoms with van der Waals surface area (Å²) in [4.78, 5) is 24.0. The summed E-state index contributed by atoms with van der Waals surface area (Å²) in [5.41, 5.74) is 12.0. The van der Waals surface area contributed by atoms with E-state index in [9.17, 15) is 40.3 Å². The summed E-state index contributed by atoms with van der Waals surface area (Å²) in [5.74, 6) is -6.37. The number of anilines is 2. The van der Waals surface area contributed by atoms with Crippen LogP contribution in [0.15, 0.2) is 72.8 Å². The number of carbonyl (C=O) groups is 2. The first-order valence-corrected chi connectivity index (χ1v) is 13.6. The smallest absolute Gasteiger partial charge is 0.453 e. The summed E-state index contributed by atoms with van der Waals surface area (Å²) in [5, 5.41) is 0. The highest BCUT2D eigenvalue weighted by atomic mass is 19.4. The minimum absolute atomic E-state index is 0.00649. The Balaban J connectivity index is 1.39. The highest BCUT2D eigenvalue weighted by Crippen LogP contribution is 2.39. The lowest BCUT2D eigenvalue weighted by Crippen LogP contribution is -2.36. The number of rotatable bonds is 15. The lowest BCUT2D eigenvalue weighted by atomic mass is 10.2. The van der Waals surface area contributed by atoms with Gasteiger partial charge in [0.25, 0.3) is 0 Å². The molecule has 0 heterocycles. The number of halogens is 7. The predicted octanol–water partition coefficient (Wildman–Crippen LogP) is 7.14. The van der Waals surface area contributed by atoms with Gasteiger partial charge in [-0.05, 0) is 72.7 Å². The zero-order valence-corrected chi connectivity index (χ0v) is 24.0. The lowest BCUT2D eigenvalue weighted by molar-refractivity contribution is -0.284. The van der Waals surface area contributed by atoms with Crippen LogP contribution in [-0.2, 0) is 20.4 Å². The number of nitrogens with two attached hydrogens (primary N) is 2. The second kappa shape index (κ2) is 15.4. The molecule has 0 spiro atoms. The van der Waals surface area contributed by atoms with E-state index in [2.05, 4.69) is 0 Å². The fourth-order valence-corrected chi connectivity index (χ4v) is 3.71. The Morgan fingerprint density at radius 1 is 0.717 bits per heavy atom. The Morgan fingerprint density at radius 2 is 1.30 bits per heavy atom. The molecule has 46 heavy (non-hydrogen) atoms. The molecule has 15 heteroatoms. The van der Waals surface area contributed by atoms with E-state index >= 15 is 0 Å². The molecule has 0 unspecified atom stereocenters. The van der Waals surface area contributed by atoms with E-state index in [4.69, 9.17) is 30.4 Å². The molecule has 248 valence electrons. The highest BCUT2D eigenvalue weighted by molar-refractivity contribution is 5.91. The van der Waals surface area contributed by atoms with Gasteiger partial charge < -0.3 is 30.4 Å². The molecule has 0 radical (unpaired) electrons. The van der Waals surface area contributed by atoms with Gasteiger partial charge in [-0.25, -0.2) is 9.59 Å². The molecule has 4 N–H and O–H groups in total. The van der Waals surface area contributed by atoms with Crippen LogP contribution < -0.4 is 20.9 Å². The number of hydrogen-bond donors (Lipinski definition) is 2. The molecule has 0 aliphatic heterocycles. The van der Waals surface area contributed by atoms with Crippen LogP contribution in [0.1, 0.15) is 40.7 Å². The molecule has 8 nitrogen and oxygen atoms in total. The number of alkyl halides is 7. The van der Waals surface area contributed by atoms with E-state index in [-0.39, 0.29) is 36.7 Å². The molecule has 0 atom stereocenters. The van der Waals surface area contributed by atoms with Gasteiger partial charge in [-0.15, -0.1) is 0 Å². The SMILES string of the molecule is Nc1cc(N)cc(C(=O)OCCCOC(=O)/C=C/c2ccc(OC(F)(F)c3ccc(OCCCC(F)(F)C(F)(F)F)cc3)cc2)c1. The number of ether oxygens (including phenoxy) is 4. The third-order valence-corrected chi connectivity index (χ3v) is 6.03. The molecule has 0 bridgehead atoms. The van der Waals surface area contributed by atoms with Crippen LogP contribution in [0, 0.1) is 0 Å². The van der Waals surface area contributed by atoms with Gasteiger partial charge in [0.2, 0.25) is 0 Å². The third kappa shape index (κ3) is 10.9. The van der Waals surface area contributed by atoms with Crippen molar-refractivity contribution in [3.63, 3.8) is 0 Å². The van der Waals surface area contributed by atoms with Crippen LogP contribution in [-0.4, -0.2) is 43.9 Å². The first-order chi connectivity index (χ1) is 21.6. The summed E-state index contributed by atoms with van der Waals surface area (Å²) in [7, 11) is 0. The van der Waals surface area contributed by atoms with Gasteiger partial charge in [-0.2, -0.15) is 30.7 Å². The Morgan fingerprint density at radius 3 is 1.91 bits per heavy atom. The van der Waals surface area contributed by atoms with E-state index in [1.807, 2.05) is 0 Å². The fourth-order valence-electron chi connectivity index (χ4n) is 3.71. The molecule has 0 aliphatic rings. The van der Waals surface area contributed by atoms with Gasteiger partial charge in [0.15, 0.2) is 0 Å². The number of hydrogen-bond acceptors (Lipinski definition) is 8. The van der Waals surface area contributed by atoms with Gasteiger partial charge in [0.1, 0.15) is 11.5 Å². The maximum absolute atomic E-state index is 14.6. The first kappa shape index (κ1) is 35.5.